The molecule has 1 aliphatic carbocycles. The minimum Gasteiger partial charge on any atom is -0.507 e. The summed E-state index contributed by atoms with van der Waals surface area (Å²) in [7, 11) is 0. The number of hydrazone groups is 2. The lowest BCUT2D eigenvalue weighted by atomic mass is 9.91. The van der Waals surface area contributed by atoms with E-state index in [9.17, 15) is 30.4 Å². The standard InChI is InChI=1S/C60H54N6O10/c67-57-43-7-1-8-44(57)36-48-12-4-14-50(60(48)76-34-6-32-74-56-29-17-42(18-30-56)40-62-64-52-21-25-54(26-22-52)66(71)72)38-46-10-2-9-45(58(46)68)37-49-13-3-11-47(35-43)59(49)75-33-5-31-73-55-27-15-41(16-28-55)39-61-63-51-19-23-53(24-20-51)65(69)70/h1-4,7-30,39-40,63-64,67-68H,5-6,31-38H2/b61-39+,62-40+. The second-order valence-electron chi connectivity index (χ2n) is 18.0. The average molecular weight is 1020 g/mol. The van der Waals surface area contributed by atoms with Crippen molar-refractivity contribution in [3.05, 3.63) is 246 Å². The van der Waals surface area contributed by atoms with E-state index in [-0.39, 0.29) is 22.9 Å². The molecule has 16 heteroatoms. The van der Waals surface area contributed by atoms with Crippen molar-refractivity contribution in [1.29, 1.82) is 0 Å². The Bertz CT molecular complexity index is 3040. The van der Waals surface area contributed by atoms with Gasteiger partial charge in [-0.05, 0) is 128 Å². The molecular weight excluding hydrogens is 965 g/mol. The fourth-order valence-corrected chi connectivity index (χ4v) is 8.71. The number of ether oxygens (including phenoxy) is 4. The van der Waals surface area contributed by atoms with Gasteiger partial charge in [0.25, 0.3) is 11.4 Å². The van der Waals surface area contributed by atoms with Crippen LogP contribution in [0.1, 0.15) is 68.5 Å². The number of fused-ring (bicyclic) bond motifs is 8. The monoisotopic (exact) mass is 1020 g/mol. The number of hydrogen-bond acceptors (Lipinski definition) is 14. The Kier molecular flexibility index (Phi) is 16.7. The first kappa shape index (κ1) is 51.2. The predicted molar refractivity (Wildman–Crippen MR) is 293 cm³/mol. The molecule has 0 saturated carbocycles. The number of nitrogens with one attached hydrogen (secondary N) is 2. The van der Waals surface area contributed by atoms with E-state index in [0.717, 1.165) is 55.6 Å². The summed E-state index contributed by atoms with van der Waals surface area (Å²) in [6, 6.07) is 50.7. The highest BCUT2D eigenvalue weighted by Crippen LogP contribution is 2.38. The fraction of sp³-hybridized carbons (Fsp3) is 0.167. The molecule has 0 saturated heterocycles. The molecular formula is C60H54N6O10. The van der Waals surface area contributed by atoms with E-state index < -0.39 is 9.85 Å². The molecule has 9 rings (SSSR count). The van der Waals surface area contributed by atoms with Crippen molar-refractivity contribution < 1.29 is 39.0 Å². The largest absolute Gasteiger partial charge is 0.507 e. The number of benzene rings is 8. The summed E-state index contributed by atoms with van der Waals surface area (Å²) in [4.78, 5) is 20.9. The van der Waals surface area contributed by atoms with Crippen LogP contribution in [0.15, 0.2) is 180 Å². The first-order valence-electron chi connectivity index (χ1n) is 24.7. The van der Waals surface area contributed by atoms with Gasteiger partial charge in [-0.15, -0.1) is 0 Å². The Hall–Kier alpha value is -9.70. The second kappa shape index (κ2) is 24.8. The van der Waals surface area contributed by atoms with Crippen LogP contribution in [0.5, 0.6) is 34.5 Å². The quantitative estimate of drug-likeness (QED) is 0.0243. The first-order valence-corrected chi connectivity index (χ1v) is 24.7. The van der Waals surface area contributed by atoms with Crippen LogP contribution in [-0.4, -0.2) is 58.9 Å². The van der Waals surface area contributed by atoms with Crippen LogP contribution in [0.3, 0.4) is 0 Å². The van der Waals surface area contributed by atoms with Crippen LogP contribution < -0.4 is 29.8 Å². The fourth-order valence-electron chi connectivity index (χ4n) is 8.71. The molecule has 8 bridgehead atoms. The number of phenolic OH excluding ortho intramolecular Hbond substituents is 2. The van der Waals surface area contributed by atoms with Crippen LogP contribution >= 0.6 is 0 Å². The molecule has 0 radical (unpaired) electrons. The van der Waals surface area contributed by atoms with Crippen LogP contribution in [0, 0.1) is 20.2 Å². The van der Waals surface area contributed by atoms with E-state index in [1.165, 1.54) is 24.3 Å². The van der Waals surface area contributed by atoms with Gasteiger partial charge in [0.1, 0.15) is 34.5 Å². The zero-order valence-corrected chi connectivity index (χ0v) is 41.3. The third-order valence-electron chi connectivity index (χ3n) is 12.6. The minimum absolute atomic E-state index is 0.00918. The van der Waals surface area contributed by atoms with Crippen molar-refractivity contribution in [1.82, 2.24) is 0 Å². The number of rotatable bonds is 20. The third-order valence-corrected chi connectivity index (χ3v) is 12.6. The molecule has 0 unspecified atom stereocenters. The highest BCUT2D eigenvalue weighted by atomic mass is 16.6. The van der Waals surface area contributed by atoms with Crippen LogP contribution in [0.25, 0.3) is 0 Å². The molecule has 0 aliphatic heterocycles. The Morgan fingerprint density at radius 3 is 1.04 bits per heavy atom. The molecule has 0 fully saturated rings. The number of nitro benzene ring substituents is 2. The van der Waals surface area contributed by atoms with Crippen molar-refractivity contribution >= 4 is 35.2 Å². The van der Waals surface area contributed by atoms with Gasteiger partial charge < -0.3 is 29.2 Å². The molecule has 0 atom stereocenters. The lowest BCUT2D eigenvalue weighted by Gasteiger charge is -2.20. The summed E-state index contributed by atoms with van der Waals surface area (Å²) in [6.45, 7) is 1.53. The average Bonchev–Trinajstić information content (AvgIpc) is 3.42. The van der Waals surface area contributed by atoms with E-state index in [2.05, 4.69) is 21.1 Å². The Morgan fingerprint density at radius 1 is 0.421 bits per heavy atom. The number of nitro groups is 2. The number of hydrogen-bond donors (Lipinski definition) is 4. The van der Waals surface area contributed by atoms with Gasteiger partial charge in [-0.1, -0.05) is 72.8 Å². The number of non-ortho nitro benzene ring substituents is 2. The van der Waals surface area contributed by atoms with Gasteiger partial charge in [-0.2, -0.15) is 10.2 Å². The third kappa shape index (κ3) is 13.5. The number of anilines is 2. The summed E-state index contributed by atoms with van der Waals surface area (Å²) in [5.41, 5.74) is 15.3. The maximum Gasteiger partial charge on any atom is 0.269 e. The molecule has 0 spiro atoms. The summed E-state index contributed by atoms with van der Waals surface area (Å²) in [5.74, 6) is 3.22. The van der Waals surface area contributed by atoms with Crippen molar-refractivity contribution in [2.75, 3.05) is 37.3 Å². The molecule has 76 heavy (non-hydrogen) atoms. The Balaban J connectivity index is 0.831. The Morgan fingerprint density at radius 2 is 0.724 bits per heavy atom. The molecule has 8 aromatic carbocycles. The van der Waals surface area contributed by atoms with Gasteiger partial charge in [-0.3, -0.25) is 31.1 Å². The van der Waals surface area contributed by atoms with Gasteiger partial charge in [0.2, 0.25) is 0 Å². The maximum atomic E-state index is 11.9. The van der Waals surface area contributed by atoms with Crippen LogP contribution in [0.4, 0.5) is 22.7 Å². The number of phenols is 2. The summed E-state index contributed by atoms with van der Waals surface area (Å²) >= 11 is 0. The maximum absolute atomic E-state index is 11.9. The van der Waals surface area contributed by atoms with Gasteiger partial charge in [-0.25, -0.2) is 0 Å². The predicted octanol–water partition coefficient (Wildman–Crippen LogP) is 12.2. The first-order chi connectivity index (χ1) is 37.1. The number of aromatic hydroxyl groups is 2. The number of nitrogens with zero attached hydrogens (tertiary/aromatic N) is 4. The summed E-state index contributed by atoms with van der Waals surface area (Å²) in [6.07, 6.45) is 6.11. The molecule has 16 nitrogen and oxygen atoms in total. The zero-order valence-electron chi connectivity index (χ0n) is 41.3. The smallest absolute Gasteiger partial charge is 0.269 e. The van der Waals surface area contributed by atoms with Crippen LogP contribution in [-0.2, 0) is 25.7 Å². The molecule has 0 amide bonds. The van der Waals surface area contributed by atoms with Crippen molar-refractivity contribution in [3.63, 3.8) is 0 Å². The van der Waals surface area contributed by atoms with Gasteiger partial charge in [0.15, 0.2) is 0 Å². The lowest BCUT2D eigenvalue weighted by molar-refractivity contribution is -0.385. The minimum atomic E-state index is -0.448. The topological polar surface area (TPSA) is 212 Å². The van der Waals surface area contributed by atoms with Crippen molar-refractivity contribution in [2.45, 2.75) is 38.5 Å². The van der Waals surface area contributed by atoms with Crippen LogP contribution in [0.2, 0.25) is 0 Å². The molecule has 0 aromatic heterocycles. The molecule has 8 aromatic rings. The lowest BCUT2D eigenvalue weighted by Crippen LogP contribution is -2.09. The SMILES string of the molecule is O=[N+]([O-])c1ccc(N/N=C/c2ccc(OCCCOc3c4cccc3Cc3cccc(c3O)Cc3cccc(c3OCCCOc3ccc(/C=N/Nc5ccc([N+](=O)[O-])cc5)cc3)Cc3cccc(c3O)C4)cc2)cc1. The van der Waals surface area contributed by atoms with Gasteiger partial charge >= 0.3 is 0 Å². The molecule has 1 aliphatic rings. The molecule has 384 valence electrons. The van der Waals surface area contributed by atoms with Crippen molar-refractivity contribution in [3.8, 4) is 34.5 Å². The van der Waals surface area contributed by atoms with Gasteiger partial charge in [0, 0.05) is 62.8 Å². The van der Waals surface area contributed by atoms with E-state index in [4.69, 9.17) is 18.9 Å². The van der Waals surface area contributed by atoms with E-state index in [1.54, 1.807) is 36.7 Å². The van der Waals surface area contributed by atoms with Gasteiger partial charge in [0.05, 0.1) is 60.1 Å². The highest BCUT2D eigenvalue weighted by molar-refractivity contribution is 5.81. The second-order valence-corrected chi connectivity index (χ2v) is 18.0. The molecule has 0 heterocycles. The van der Waals surface area contributed by atoms with E-state index >= 15 is 0 Å². The van der Waals surface area contributed by atoms with E-state index in [0.29, 0.717) is 99.3 Å². The van der Waals surface area contributed by atoms with E-state index in [1.807, 2.05) is 121 Å². The normalized spacial score (nSPS) is 12.0. The molecule has 4 N–H and O–H groups in total. The Labute approximate surface area is 438 Å². The zero-order chi connectivity index (χ0) is 52.6. The summed E-state index contributed by atoms with van der Waals surface area (Å²) in [5, 5.41) is 54.1. The highest BCUT2D eigenvalue weighted by Gasteiger charge is 2.20. The summed E-state index contributed by atoms with van der Waals surface area (Å²) < 4.78 is 25.4. The number of para-hydroxylation sites is 4. The van der Waals surface area contributed by atoms with Crippen molar-refractivity contribution in [2.24, 2.45) is 10.2 Å².